The van der Waals surface area contributed by atoms with Gasteiger partial charge in [0, 0.05) is 44.3 Å². The predicted octanol–water partition coefficient (Wildman–Crippen LogP) is 5.24. The van der Waals surface area contributed by atoms with E-state index in [-0.39, 0.29) is 37.0 Å². The van der Waals surface area contributed by atoms with Crippen molar-refractivity contribution in [2.75, 3.05) is 31.9 Å². The van der Waals surface area contributed by atoms with E-state index in [1.165, 1.54) is 0 Å². The molecule has 0 unspecified atom stereocenters. The van der Waals surface area contributed by atoms with Crippen LogP contribution in [0.5, 0.6) is 0 Å². The first-order valence-electron chi connectivity index (χ1n) is 13.5. The predicted molar refractivity (Wildman–Crippen MR) is 161 cm³/mol. The van der Waals surface area contributed by atoms with Gasteiger partial charge in [0.2, 0.25) is 5.89 Å². The van der Waals surface area contributed by atoms with Crippen LogP contribution in [0.15, 0.2) is 59.1 Å². The van der Waals surface area contributed by atoms with Gasteiger partial charge < -0.3 is 30.8 Å². The average Bonchev–Trinajstić information content (AvgIpc) is 3.30. The van der Waals surface area contributed by atoms with Crippen molar-refractivity contribution in [2.24, 2.45) is 0 Å². The fourth-order valence-corrected chi connectivity index (χ4v) is 4.60. The van der Waals surface area contributed by atoms with Crippen LogP contribution in [-0.4, -0.2) is 73.7 Å². The first-order valence-corrected chi connectivity index (χ1v) is 13.5. The van der Waals surface area contributed by atoms with Crippen LogP contribution in [0.1, 0.15) is 44.5 Å². The second-order valence-electron chi connectivity index (χ2n) is 10.9. The van der Waals surface area contributed by atoms with Crippen molar-refractivity contribution >= 4 is 17.8 Å². The molecule has 4 aromatic rings. The number of aromatic nitrogens is 4. The molecule has 0 atom stereocenters. The van der Waals surface area contributed by atoms with Gasteiger partial charge in [0.1, 0.15) is 5.60 Å². The lowest BCUT2D eigenvalue weighted by atomic mass is 10.0. The molecule has 0 spiro atoms. The maximum Gasteiger partial charge on any atom is 0.410 e. The third kappa shape index (κ3) is 6.72. The smallest absolute Gasteiger partial charge is 0.410 e. The number of nitrogens with zero attached hydrogens (tertiary/aromatic N) is 6. The summed E-state index contributed by atoms with van der Waals surface area (Å²) in [6, 6.07) is 14.9. The SMILES string of the molecule is Cc1cc(C(=O)N2CCCN(C(=O)OC(C)(C)C)CC2)ccc1-c1cnc(N)c(-c2nnc(-c3ccccc3)o2)n1.N.[HH]. The highest BCUT2D eigenvalue weighted by atomic mass is 16.6. The molecular weight excluding hydrogens is 536 g/mol. The Morgan fingerprint density at radius 2 is 1.67 bits per heavy atom. The van der Waals surface area contributed by atoms with Gasteiger partial charge in [-0.1, -0.05) is 24.3 Å². The summed E-state index contributed by atoms with van der Waals surface area (Å²) in [5.74, 6) is 0.604. The van der Waals surface area contributed by atoms with E-state index in [1.54, 1.807) is 22.1 Å². The van der Waals surface area contributed by atoms with Crippen molar-refractivity contribution in [3.8, 4) is 34.3 Å². The van der Waals surface area contributed by atoms with E-state index in [2.05, 4.69) is 20.2 Å². The largest absolute Gasteiger partial charge is 0.444 e. The molecule has 5 N–H and O–H groups in total. The lowest BCUT2D eigenvalue weighted by Crippen LogP contribution is -2.40. The molecule has 5 rings (SSSR count). The molecule has 0 bridgehead atoms. The molecule has 12 nitrogen and oxygen atoms in total. The molecule has 0 saturated carbocycles. The lowest BCUT2D eigenvalue weighted by molar-refractivity contribution is 0.0255. The van der Waals surface area contributed by atoms with E-state index in [9.17, 15) is 9.59 Å². The van der Waals surface area contributed by atoms with Gasteiger partial charge in [0.05, 0.1) is 11.9 Å². The third-order valence-corrected chi connectivity index (χ3v) is 6.63. The Kier molecular flexibility index (Phi) is 8.86. The van der Waals surface area contributed by atoms with Crippen molar-refractivity contribution in [2.45, 2.75) is 39.7 Å². The molecule has 42 heavy (non-hydrogen) atoms. The molecule has 222 valence electrons. The monoisotopic (exact) mass is 574 g/mol. The van der Waals surface area contributed by atoms with Crippen LogP contribution in [0.2, 0.25) is 0 Å². The third-order valence-electron chi connectivity index (χ3n) is 6.63. The van der Waals surface area contributed by atoms with Crippen LogP contribution >= 0.6 is 0 Å². The Labute approximate surface area is 246 Å². The number of carbonyl (C=O) groups excluding carboxylic acids is 2. The first kappa shape index (κ1) is 30.1. The summed E-state index contributed by atoms with van der Waals surface area (Å²) in [4.78, 5) is 38.3. The normalized spacial score (nSPS) is 13.7. The minimum Gasteiger partial charge on any atom is -0.444 e. The van der Waals surface area contributed by atoms with Gasteiger partial charge in [0.25, 0.3) is 11.8 Å². The molecule has 3 heterocycles. The number of anilines is 1. The van der Waals surface area contributed by atoms with Crippen LogP contribution in [0, 0.1) is 6.92 Å². The minimum atomic E-state index is -0.565. The van der Waals surface area contributed by atoms with E-state index in [0.717, 1.165) is 16.7 Å². The average molecular weight is 575 g/mol. The topological polar surface area (TPSA) is 176 Å². The quantitative estimate of drug-likeness (QED) is 0.328. The van der Waals surface area contributed by atoms with Crippen LogP contribution in [0.3, 0.4) is 0 Å². The molecule has 0 aliphatic carbocycles. The highest BCUT2D eigenvalue weighted by Gasteiger charge is 2.27. The van der Waals surface area contributed by atoms with Gasteiger partial charge in [-0.2, -0.15) is 0 Å². The van der Waals surface area contributed by atoms with Crippen LogP contribution < -0.4 is 11.9 Å². The summed E-state index contributed by atoms with van der Waals surface area (Å²) >= 11 is 0. The molecule has 1 aliphatic rings. The number of hydrogen-bond acceptors (Lipinski definition) is 10. The van der Waals surface area contributed by atoms with E-state index in [0.29, 0.717) is 49.7 Å². The minimum absolute atomic E-state index is 0. The number of rotatable bonds is 4. The zero-order valence-electron chi connectivity index (χ0n) is 24.3. The maximum absolute atomic E-state index is 13.4. The first-order chi connectivity index (χ1) is 19.6. The van der Waals surface area contributed by atoms with Gasteiger partial charge in [-0.3, -0.25) is 4.79 Å². The Morgan fingerprint density at radius 1 is 0.976 bits per heavy atom. The standard InChI is InChI=1S/C30H33N7O4.H3N.H2/c1-19-17-21(28(38)36-13-8-14-37(16-15-36)29(39)41-30(2,3)4)11-12-22(19)23-18-32-25(31)24(33-23)27-35-34-26(40-27)20-9-6-5-7-10-20;;/h5-7,9-12,17-18H,8,13-16H2,1-4H3,(H2,31,32);1H3;1H. The van der Waals surface area contributed by atoms with E-state index in [4.69, 9.17) is 14.9 Å². The highest BCUT2D eigenvalue weighted by Crippen LogP contribution is 2.29. The van der Waals surface area contributed by atoms with Crippen molar-refractivity contribution in [3.63, 3.8) is 0 Å². The summed E-state index contributed by atoms with van der Waals surface area (Å²) in [6.45, 7) is 9.39. The summed E-state index contributed by atoms with van der Waals surface area (Å²) in [7, 11) is 0. The number of amides is 2. The van der Waals surface area contributed by atoms with Crippen molar-refractivity contribution in [1.82, 2.24) is 36.1 Å². The molecule has 1 saturated heterocycles. The summed E-state index contributed by atoms with van der Waals surface area (Å²) in [5.41, 5.74) is 9.39. The van der Waals surface area contributed by atoms with Crippen LogP contribution in [0.25, 0.3) is 34.3 Å². The Morgan fingerprint density at radius 3 is 2.38 bits per heavy atom. The van der Waals surface area contributed by atoms with Gasteiger partial charge in [-0.05, 0) is 63.9 Å². The fraction of sp³-hybridized carbons (Fsp3) is 0.333. The number of hydrogen-bond donors (Lipinski definition) is 2. The molecule has 2 aromatic heterocycles. The second kappa shape index (κ2) is 12.4. The Hall–Kier alpha value is -4.84. The summed E-state index contributed by atoms with van der Waals surface area (Å²) in [6.07, 6.45) is 1.90. The number of carbonyl (C=O) groups is 2. The number of nitrogens with two attached hydrogens (primary N) is 1. The number of aryl methyl sites for hydroxylation is 1. The fourth-order valence-electron chi connectivity index (χ4n) is 4.60. The summed E-state index contributed by atoms with van der Waals surface area (Å²) < 4.78 is 11.3. The molecule has 1 fully saturated rings. The van der Waals surface area contributed by atoms with Crippen LogP contribution in [0.4, 0.5) is 10.6 Å². The molecule has 12 heteroatoms. The lowest BCUT2D eigenvalue weighted by Gasteiger charge is -2.26. The molecule has 1 aliphatic heterocycles. The number of benzene rings is 2. The Balaban J connectivity index is 0.00000253. The molecular formula is C30H38N8O4. The van der Waals surface area contributed by atoms with Crippen molar-refractivity contribution in [1.29, 1.82) is 0 Å². The zero-order valence-corrected chi connectivity index (χ0v) is 24.3. The second-order valence-corrected chi connectivity index (χ2v) is 10.9. The van der Waals surface area contributed by atoms with Gasteiger partial charge in [0.15, 0.2) is 11.5 Å². The van der Waals surface area contributed by atoms with Crippen molar-refractivity contribution < 1.29 is 20.2 Å². The number of ether oxygens (including phenoxy) is 1. The van der Waals surface area contributed by atoms with Gasteiger partial charge in [-0.15, -0.1) is 10.2 Å². The van der Waals surface area contributed by atoms with E-state index >= 15 is 0 Å². The maximum atomic E-state index is 13.4. The van der Waals surface area contributed by atoms with Crippen LogP contribution in [-0.2, 0) is 4.74 Å². The zero-order chi connectivity index (χ0) is 29.1. The number of nitrogen functional groups attached to an aromatic ring is 1. The molecule has 0 radical (unpaired) electrons. The highest BCUT2D eigenvalue weighted by molar-refractivity contribution is 5.95. The van der Waals surface area contributed by atoms with Gasteiger partial charge >= 0.3 is 6.09 Å². The van der Waals surface area contributed by atoms with E-state index < -0.39 is 5.60 Å². The van der Waals surface area contributed by atoms with Gasteiger partial charge in [-0.25, -0.2) is 14.8 Å². The summed E-state index contributed by atoms with van der Waals surface area (Å²) in [5, 5.41) is 8.25. The molecule has 2 aromatic carbocycles. The van der Waals surface area contributed by atoms with E-state index in [1.807, 2.05) is 70.2 Å². The van der Waals surface area contributed by atoms with Crippen molar-refractivity contribution in [3.05, 3.63) is 65.9 Å². The Bertz CT molecular complexity index is 1570. The molecule has 2 amide bonds.